The first-order chi connectivity index (χ1) is 7.35. The third kappa shape index (κ3) is 10.1. The van der Waals surface area contributed by atoms with Gasteiger partial charge in [0, 0.05) is 19.3 Å². The van der Waals surface area contributed by atoms with E-state index in [1.807, 2.05) is 6.92 Å². The highest BCUT2D eigenvalue weighted by Gasteiger charge is 2.04. The van der Waals surface area contributed by atoms with Gasteiger partial charge in [-0.05, 0) is 19.4 Å². The first-order valence-corrected chi connectivity index (χ1v) is 5.84. The average molecular weight is 219 g/mol. The van der Waals surface area contributed by atoms with Crippen LogP contribution in [0.3, 0.4) is 0 Å². The van der Waals surface area contributed by atoms with Crippen molar-refractivity contribution in [3.8, 4) is 0 Å². The van der Waals surface area contributed by atoms with E-state index in [1.165, 1.54) is 0 Å². The van der Waals surface area contributed by atoms with Gasteiger partial charge >= 0.3 is 0 Å². The summed E-state index contributed by atoms with van der Waals surface area (Å²) in [6.45, 7) is 7.95. The molecule has 0 aliphatic carbocycles. The van der Waals surface area contributed by atoms with Gasteiger partial charge in [0.15, 0.2) is 0 Å². The molecule has 15 heavy (non-hydrogen) atoms. The second kappa shape index (κ2) is 11.9. The fraction of sp³-hybridized carbons (Fsp3) is 1.00. The van der Waals surface area contributed by atoms with Crippen molar-refractivity contribution in [1.82, 2.24) is 5.32 Å². The second-order valence-electron chi connectivity index (χ2n) is 3.45. The van der Waals surface area contributed by atoms with Crippen molar-refractivity contribution in [3.63, 3.8) is 0 Å². The minimum Gasteiger partial charge on any atom is -0.395 e. The molecular formula is C11H25NO3. The van der Waals surface area contributed by atoms with E-state index in [0.29, 0.717) is 19.8 Å². The molecule has 1 atom stereocenters. The molecule has 2 N–H and O–H groups in total. The maximum absolute atomic E-state index is 8.99. The van der Waals surface area contributed by atoms with Crippen molar-refractivity contribution >= 4 is 0 Å². The van der Waals surface area contributed by atoms with E-state index in [4.69, 9.17) is 14.6 Å². The molecule has 0 fully saturated rings. The Morgan fingerprint density at radius 1 is 1.07 bits per heavy atom. The van der Waals surface area contributed by atoms with Crippen LogP contribution < -0.4 is 5.32 Å². The van der Waals surface area contributed by atoms with Crippen LogP contribution in [0.25, 0.3) is 0 Å². The topological polar surface area (TPSA) is 50.7 Å². The third-order valence-electron chi connectivity index (χ3n) is 2.04. The van der Waals surface area contributed by atoms with Crippen LogP contribution in [-0.2, 0) is 9.47 Å². The molecular weight excluding hydrogens is 194 g/mol. The van der Waals surface area contributed by atoms with Crippen LogP contribution in [-0.4, -0.2) is 50.7 Å². The summed E-state index contributed by atoms with van der Waals surface area (Å²) in [5.74, 6) is 0. The van der Waals surface area contributed by atoms with Crippen LogP contribution in [0, 0.1) is 0 Å². The Morgan fingerprint density at radius 3 is 2.27 bits per heavy atom. The first kappa shape index (κ1) is 14.8. The molecule has 0 spiro atoms. The summed E-state index contributed by atoms with van der Waals surface area (Å²) in [6.07, 6.45) is 1.89. The van der Waals surface area contributed by atoms with Crippen molar-refractivity contribution in [2.45, 2.75) is 32.7 Å². The number of hydrogen-bond acceptors (Lipinski definition) is 4. The molecule has 0 bridgehead atoms. The van der Waals surface area contributed by atoms with Crippen LogP contribution in [0.5, 0.6) is 0 Å². The maximum Gasteiger partial charge on any atom is 0.0700 e. The highest BCUT2D eigenvalue weighted by Crippen LogP contribution is 1.92. The highest BCUT2D eigenvalue weighted by atomic mass is 16.5. The van der Waals surface area contributed by atoms with Crippen molar-refractivity contribution in [1.29, 1.82) is 0 Å². The predicted molar refractivity (Wildman–Crippen MR) is 61.1 cm³/mol. The van der Waals surface area contributed by atoms with E-state index in [0.717, 1.165) is 26.0 Å². The number of ether oxygens (including phenoxy) is 2. The first-order valence-electron chi connectivity index (χ1n) is 5.84. The molecule has 0 aromatic rings. The normalized spacial score (nSPS) is 13.0. The number of likely N-dealkylation sites (N-methyl/N-ethyl adjacent to an activating group) is 1. The fourth-order valence-electron chi connectivity index (χ4n) is 1.24. The number of nitrogens with one attached hydrogen (secondary N) is 1. The Morgan fingerprint density at radius 2 is 1.73 bits per heavy atom. The van der Waals surface area contributed by atoms with Crippen molar-refractivity contribution in [2.24, 2.45) is 0 Å². The van der Waals surface area contributed by atoms with Gasteiger partial charge in [-0.2, -0.15) is 0 Å². The summed E-state index contributed by atoms with van der Waals surface area (Å²) in [7, 11) is 0. The van der Waals surface area contributed by atoms with Crippen LogP contribution in [0.4, 0.5) is 0 Å². The van der Waals surface area contributed by atoms with Gasteiger partial charge in [0.25, 0.3) is 0 Å². The Kier molecular flexibility index (Phi) is 11.8. The summed E-state index contributed by atoms with van der Waals surface area (Å²) in [5.41, 5.74) is 0. The molecule has 0 heterocycles. The molecule has 0 amide bonds. The highest BCUT2D eigenvalue weighted by molar-refractivity contribution is 4.63. The zero-order chi connectivity index (χ0) is 11.4. The van der Waals surface area contributed by atoms with Gasteiger partial charge in [-0.25, -0.2) is 0 Å². The monoisotopic (exact) mass is 219 g/mol. The van der Waals surface area contributed by atoms with Gasteiger partial charge in [0.05, 0.1) is 19.8 Å². The average Bonchev–Trinajstić information content (AvgIpc) is 2.26. The third-order valence-corrected chi connectivity index (χ3v) is 2.04. The van der Waals surface area contributed by atoms with E-state index in [1.54, 1.807) is 0 Å². The second-order valence-corrected chi connectivity index (χ2v) is 3.45. The van der Waals surface area contributed by atoms with E-state index < -0.39 is 0 Å². The van der Waals surface area contributed by atoms with Gasteiger partial charge < -0.3 is 19.9 Å². The van der Waals surface area contributed by atoms with Crippen LogP contribution in [0.1, 0.15) is 26.7 Å². The zero-order valence-corrected chi connectivity index (χ0v) is 10.00. The molecule has 0 aliphatic rings. The minimum atomic E-state index is 0.159. The smallest absolute Gasteiger partial charge is 0.0700 e. The van der Waals surface area contributed by atoms with Gasteiger partial charge in [0.1, 0.15) is 0 Å². The lowest BCUT2D eigenvalue weighted by Gasteiger charge is -2.14. The lowest BCUT2D eigenvalue weighted by atomic mass is 10.2. The molecule has 92 valence electrons. The Labute approximate surface area is 93.0 Å². The molecule has 0 radical (unpaired) electrons. The van der Waals surface area contributed by atoms with Crippen LogP contribution in [0.2, 0.25) is 0 Å². The van der Waals surface area contributed by atoms with E-state index in [2.05, 4.69) is 12.2 Å². The summed E-state index contributed by atoms with van der Waals surface area (Å²) in [5, 5.41) is 12.2. The van der Waals surface area contributed by atoms with E-state index in [9.17, 15) is 0 Å². The Balaban J connectivity index is 3.14. The van der Waals surface area contributed by atoms with E-state index in [-0.39, 0.29) is 12.6 Å². The molecule has 4 nitrogen and oxygen atoms in total. The zero-order valence-electron chi connectivity index (χ0n) is 10.00. The fourth-order valence-corrected chi connectivity index (χ4v) is 1.24. The van der Waals surface area contributed by atoms with Crippen LogP contribution in [0.15, 0.2) is 0 Å². The molecule has 4 heteroatoms. The van der Waals surface area contributed by atoms with Gasteiger partial charge in [0.2, 0.25) is 0 Å². The maximum atomic E-state index is 8.99. The van der Waals surface area contributed by atoms with Gasteiger partial charge in [-0.3, -0.25) is 0 Å². The Bertz CT molecular complexity index is 122. The van der Waals surface area contributed by atoms with E-state index >= 15 is 0 Å². The summed E-state index contributed by atoms with van der Waals surface area (Å²) in [4.78, 5) is 0. The van der Waals surface area contributed by atoms with Gasteiger partial charge in [-0.1, -0.05) is 13.8 Å². The molecule has 0 saturated carbocycles. The largest absolute Gasteiger partial charge is 0.395 e. The number of aliphatic hydroxyl groups excluding tert-OH is 1. The number of hydrogen-bond donors (Lipinski definition) is 2. The minimum absolute atomic E-state index is 0.159. The molecule has 0 aromatic carbocycles. The predicted octanol–water partition coefficient (Wildman–Crippen LogP) is 0.790. The Hall–Kier alpha value is -0.160. The quantitative estimate of drug-likeness (QED) is 0.504. The number of rotatable bonds is 11. The summed E-state index contributed by atoms with van der Waals surface area (Å²) in [6, 6.07) is 0.159. The lowest BCUT2D eigenvalue weighted by Crippen LogP contribution is -2.33. The molecule has 0 aromatic heterocycles. The SMILES string of the molecule is CCCOCCOCCC(CO)NCC. The molecule has 0 saturated heterocycles. The molecule has 0 aliphatic heterocycles. The van der Waals surface area contributed by atoms with Crippen LogP contribution >= 0.6 is 0 Å². The van der Waals surface area contributed by atoms with Crippen molar-refractivity contribution in [2.75, 3.05) is 39.6 Å². The lowest BCUT2D eigenvalue weighted by molar-refractivity contribution is 0.0425. The van der Waals surface area contributed by atoms with Crippen molar-refractivity contribution < 1.29 is 14.6 Å². The number of aliphatic hydroxyl groups is 1. The molecule has 1 unspecified atom stereocenters. The standard InChI is InChI=1S/C11H25NO3/c1-3-6-14-8-9-15-7-5-11(10-13)12-4-2/h11-13H,3-10H2,1-2H3. The summed E-state index contributed by atoms with van der Waals surface area (Å²) < 4.78 is 10.7. The molecule has 0 rings (SSSR count). The van der Waals surface area contributed by atoms with Gasteiger partial charge in [-0.15, -0.1) is 0 Å². The van der Waals surface area contributed by atoms with Crippen molar-refractivity contribution in [3.05, 3.63) is 0 Å². The summed E-state index contributed by atoms with van der Waals surface area (Å²) >= 11 is 0.